The molecule has 0 bridgehead atoms. The minimum Gasteiger partial charge on any atom is -0.488 e. The van der Waals surface area contributed by atoms with Gasteiger partial charge in [0.05, 0.1) is 27.2 Å². The quantitative estimate of drug-likeness (QED) is 0.192. The second-order valence-corrected chi connectivity index (χ2v) is 11.2. The van der Waals surface area contributed by atoms with Crippen LogP contribution >= 0.6 is 34.8 Å². The van der Waals surface area contributed by atoms with Crippen molar-refractivity contribution >= 4 is 34.8 Å². The van der Waals surface area contributed by atoms with E-state index in [4.69, 9.17) is 44.3 Å². The van der Waals surface area contributed by atoms with Crippen molar-refractivity contribution in [2.24, 2.45) is 0 Å². The lowest BCUT2D eigenvalue weighted by Gasteiger charge is -2.20. The number of fused-ring (bicyclic) bond motifs is 1. The molecule has 41 heavy (non-hydrogen) atoms. The molecule has 2 atom stereocenters. The minimum atomic E-state index is -0.187. The molecule has 3 aromatic carbocycles. The fraction of sp³-hybridized carbons (Fsp3) is 0.250. The maximum absolute atomic E-state index is 9.45. The van der Waals surface area contributed by atoms with Crippen LogP contribution in [0.5, 0.6) is 11.5 Å². The Morgan fingerprint density at radius 1 is 1.05 bits per heavy atom. The monoisotopic (exact) mass is 607 g/mol. The second kappa shape index (κ2) is 13.1. The Balaban J connectivity index is 1.42. The third-order valence-electron chi connectivity index (χ3n) is 7.06. The number of aromatic nitrogens is 1. The summed E-state index contributed by atoms with van der Waals surface area (Å²) >= 11 is 19.2. The molecule has 2 N–H and O–H groups in total. The van der Waals surface area contributed by atoms with Crippen molar-refractivity contribution in [3.63, 3.8) is 0 Å². The molecule has 0 fully saturated rings. The third kappa shape index (κ3) is 6.78. The zero-order valence-corrected chi connectivity index (χ0v) is 24.6. The van der Waals surface area contributed by atoms with Gasteiger partial charge >= 0.3 is 0 Å². The van der Waals surface area contributed by atoms with Gasteiger partial charge in [-0.25, -0.2) is 0 Å². The summed E-state index contributed by atoms with van der Waals surface area (Å²) in [6.45, 7) is 2.55. The molecule has 9 heteroatoms. The molecule has 0 saturated heterocycles. The Morgan fingerprint density at radius 2 is 1.90 bits per heavy atom. The van der Waals surface area contributed by atoms with Gasteiger partial charge in [-0.3, -0.25) is 4.98 Å². The van der Waals surface area contributed by atoms with E-state index >= 15 is 0 Å². The maximum atomic E-state index is 9.45. The van der Waals surface area contributed by atoms with E-state index in [1.807, 2.05) is 43.3 Å². The number of halogens is 3. The molecule has 4 aromatic rings. The fourth-order valence-corrected chi connectivity index (χ4v) is 5.43. The van der Waals surface area contributed by atoms with Gasteiger partial charge in [0.2, 0.25) is 0 Å². The minimum absolute atomic E-state index is 0.00302. The zero-order valence-electron chi connectivity index (χ0n) is 22.3. The van der Waals surface area contributed by atoms with Gasteiger partial charge < -0.3 is 19.9 Å². The number of ether oxygens (including phenoxy) is 2. The number of nitrogens with one attached hydrogen (secondary N) is 1. The number of nitrogens with zero attached hydrogens (tertiary/aromatic N) is 2. The number of pyridine rings is 1. The second-order valence-electron chi connectivity index (χ2n) is 9.98. The molecular weight excluding hydrogens is 581 g/mol. The first-order chi connectivity index (χ1) is 19.9. The molecule has 0 saturated carbocycles. The molecule has 0 amide bonds. The van der Waals surface area contributed by atoms with E-state index in [1.54, 1.807) is 12.3 Å². The Kier molecular flexibility index (Phi) is 9.34. The predicted molar refractivity (Wildman–Crippen MR) is 162 cm³/mol. The van der Waals surface area contributed by atoms with Gasteiger partial charge in [0.15, 0.2) is 0 Å². The van der Waals surface area contributed by atoms with Crippen molar-refractivity contribution in [1.29, 1.82) is 5.26 Å². The summed E-state index contributed by atoms with van der Waals surface area (Å²) in [5, 5.41) is 23.4. The third-order valence-corrected chi connectivity index (χ3v) is 8.10. The number of aliphatic hydroxyl groups is 1. The summed E-state index contributed by atoms with van der Waals surface area (Å²) in [6.07, 6.45) is 4.63. The van der Waals surface area contributed by atoms with Gasteiger partial charge in [-0.1, -0.05) is 59.1 Å². The van der Waals surface area contributed by atoms with Crippen molar-refractivity contribution in [3.8, 4) is 28.7 Å². The first kappa shape index (κ1) is 29.2. The number of nitriles is 1. The fourth-order valence-electron chi connectivity index (χ4n) is 4.90. The number of hydrogen-bond donors (Lipinski definition) is 2. The largest absolute Gasteiger partial charge is 0.488 e. The molecule has 1 aliphatic carbocycles. The average Bonchev–Trinajstić information content (AvgIpc) is 3.40. The standard InChI is InChI=1S/C32H28Cl3N3O3/c1-19(17-39)38-16-23-11-29(35)32(12-31(23)40-18-21-9-20(13-36)14-37-15-21)41-30-8-6-25-24(3-2-4-26(25)30)22-5-7-27(33)28(34)10-22/h2-5,7,9-12,14-15,19,30,38-39H,6,8,16-18H2,1H3/t19-,30+/m1/s1. The van der Waals surface area contributed by atoms with Crippen LogP contribution in [0.1, 0.15) is 47.3 Å². The predicted octanol–water partition coefficient (Wildman–Crippen LogP) is 7.70. The Hall–Kier alpha value is -3.31. The van der Waals surface area contributed by atoms with Gasteiger partial charge in [0, 0.05) is 42.2 Å². The molecule has 0 radical (unpaired) electrons. The Labute approximate surface area is 254 Å². The van der Waals surface area contributed by atoms with Crippen LogP contribution in [0.15, 0.2) is 67.0 Å². The molecule has 0 unspecified atom stereocenters. The summed E-state index contributed by atoms with van der Waals surface area (Å²) in [7, 11) is 0. The summed E-state index contributed by atoms with van der Waals surface area (Å²) in [5.41, 5.74) is 6.49. The van der Waals surface area contributed by atoms with Crippen LogP contribution in [-0.4, -0.2) is 22.7 Å². The van der Waals surface area contributed by atoms with Crippen molar-refractivity contribution in [2.45, 2.75) is 45.1 Å². The van der Waals surface area contributed by atoms with Crippen LogP contribution in [0.2, 0.25) is 15.1 Å². The summed E-state index contributed by atoms with van der Waals surface area (Å²) in [6, 6.07) is 19.3. The van der Waals surface area contributed by atoms with Crippen LogP contribution in [0.3, 0.4) is 0 Å². The molecule has 0 aliphatic heterocycles. The van der Waals surface area contributed by atoms with Crippen molar-refractivity contribution in [1.82, 2.24) is 10.3 Å². The van der Waals surface area contributed by atoms with Crippen molar-refractivity contribution < 1.29 is 14.6 Å². The van der Waals surface area contributed by atoms with Gasteiger partial charge in [0.25, 0.3) is 0 Å². The molecule has 5 rings (SSSR count). The van der Waals surface area contributed by atoms with Crippen LogP contribution in [-0.2, 0) is 19.6 Å². The first-order valence-corrected chi connectivity index (χ1v) is 14.4. The molecule has 1 heterocycles. The molecule has 1 aliphatic rings. The summed E-state index contributed by atoms with van der Waals surface area (Å²) in [5.74, 6) is 1.11. The molecule has 210 valence electrons. The average molecular weight is 609 g/mol. The van der Waals surface area contributed by atoms with Gasteiger partial charge in [-0.2, -0.15) is 5.26 Å². The highest BCUT2D eigenvalue weighted by Gasteiger charge is 2.28. The van der Waals surface area contributed by atoms with Crippen LogP contribution < -0.4 is 14.8 Å². The molecule has 1 aromatic heterocycles. The topological polar surface area (TPSA) is 87.4 Å². The smallest absolute Gasteiger partial charge is 0.142 e. The Bertz CT molecular complexity index is 1610. The Morgan fingerprint density at radius 3 is 2.68 bits per heavy atom. The van der Waals surface area contributed by atoms with Crippen LogP contribution in [0.4, 0.5) is 0 Å². The molecule has 0 spiro atoms. The van der Waals surface area contributed by atoms with Gasteiger partial charge in [0.1, 0.15) is 30.3 Å². The number of hydrogen-bond acceptors (Lipinski definition) is 6. The van der Waals surface area contributed by atoms with Crippen LogP contribution in [0.25, 0.3) is 11.1 Å². The lowest BCUT2D eigenvalue weighted by atomic mass is 9.97. The number of benzene rings is 3. The van der Waals surface area contributed by atoms with E-state index in [-0.39, 0.29) is 25.4 Å². The lowest BCUT2D eigenvalue weighted by molar-refractivity contribution is 0.205. The van der Waals surface area contributed by atoms with Gasteiger partial charge in [-0.05, 0) is 66.3 Å². The van der Waals surface area contributed by atoms with E-state index in [0.717, 1.165) is 40.7 Å². The number of rotatable bonds is 10. The highest BCUT2D eigenvalue weighted by Crippen LogP contribution is 2.43. The maximum Gasteiger partial charge on any atom is 0.142 e. The van der Waals surface area contributed by atoms with Crippen molar-refractivity contribution in [2.75, 3.05) is 6.61 Å². The van der Waals surface area contributed by atoms with E-state index in [2.05, 4.69) is 28.5 Å². The summed E-state index contributed by atoms with van der Waals surface area (Å²) in [4.78, 5) is 4.12. The number of aliphatic hydroxyl groups excluding tert-OH is 1. The van der Waals surface area contributed by atoms with E-state index in [0.29, 0.717) is 38.7 Å². The highest BCUT2D eigenvalue weighted by atomic mass is 35.5. The SMILES string of the molecule is C[C@H](CO)NCc1cc(Cl)c(O[C@H]2CCc3c(-c4ccc(Cl)c(Cl)c4)cccc32)cc1OCc1cncc(C#N)c1. The molecular formula is C32H28Cl3N3O3. The molecule has 6 nitrogen and oxygen atoms in total. The van der Waals surface area contributed by atoms with E-state index < -0.39 is 0 Å². The van der Waals surface area contributed by atoms with Crippen molar-refractivity contribution in [3.05, 3.63) is 110 Å². The zero-order chi connectivity index (χ0) is 28.9. The lowest BCUT2D eigenvalue weighted by Crippen LogP contribution is -2.28. The normalized spacial score (nSPS) is 14.8. The summed E-state index contributed by atoms with van der Waals surface area (Å²) < 4.78 is 12.7. The highest BCUT2D eigenvalue weighted by molar-refractivity contribution is 6.42. The van der Waals surface area contributed by atoms with E-state index in [9.17, 15) is 10.4 Å². The van der Waals surface area contributed by atoms with Gasteiger partial charge in [-0.15, -0.1) is 0 Å². The van der Waals surface area contributed by atoms with E-state index in [1.165, 1.54) is 11.8 Å². The van der Waals surface area contributed by atoms with Crippen LogP contribution in [0, 0.1) is 11.3 Å². The first-order valence-electron chi connectivity index (χ1n) is 13.2.